The number of morpholine rings is 1. The van der Waals surface area contributed by atoms with Gasteiger partial charge in [0.15, 0.2) is 5.52 Å². The van der Waals surface area contributed by atoms with Crippen molar-refractivity contribution < 1.29 is 23.8 Å². The second-order valence-corrected chi connectivity index (χ2v) is 7.09. The summed E-state index contributed by atoms with van der Waals surface area (Å²) in [6.45, 7) is 5.53. The highest BCUT2D eigenvalue weighted by molar-refractivity contribution is 6.00. The molecule has 2 aliphatic rings. The Morgan fingerprint density at radius 1 is 1.17 bits per heavy atom. The molecule has 0 bridgehead atoms. The van der Waals surface area contributed by atoms with E-state index in [1.165, 1.54) is 0 Å². The summed E-state index contributed by atoms with van der Waals surface area (Å²) >= 11 is 0. The summed E-state index contributed by atoms with van der Waals surface area (Å²) in [6.07, 6.45) is 1.30. The molecule has 4 rings (SSSR count). The van der Waals surface area contributed by atoms with Crippen molar-refractivity contribution in [1.29, 1.82) is 0 Å². The van der Waals surface area contributed by atoms with Gasteiger partial charge in [0.1, 0.15) is 5.69 Å². The third kappa shape index (κ3) is 3.69. The minimum atomic E-state index is -0.436. The molecule has 0 aliphatic carbocycles. The Hall–Kier alpha value is -2.95. The molecule has 0 unspecified atom stereocenters. The maximum absolute atomic E-state index is 12.0. The molecule has 11 nitrogen and oxygen atoms in total. The van der Waals surface area contributed by atoms with Crippen LogP contribution in [-0.2, 0) is 14.3 Å². The van der Waals surface area contributed by atoms with Crippen molar-refractivity contribution in [2.75, 3.05) is 55.8 Å². The Morgan fingerprint density at radius 3 is 2.48 bits per heavy atom. The van der Waals surface area contributed by atoms with Crippen LogP contribution >= 0.6 is 0 Å². The number of fused-ring (bicyclic) bond motifs is 1. The lowest BCUT2D eigenvalue weighted by atomic mass is 9.96. The van der Waals surface area contributed by atoms with Gasteiger partial charge in [0.05, 0.1) is 36.3 Å². The third-order valence-electron chi connectivity index (χ3n) is 5.46. The first-order valence-electron chi connectivity index (χ1n) is 9.78. The minimum Gasteiger partial charge on any atom is -0.466 e. The van der Waals surface area contributed by atoms with E-state index in [1.807, 2.05) is 4.90 Å². The van der Waals surface area contributed by atoms with Crippen LogP contribution in [0.2, 0.25) is 0 Å². The van der Waals surface area contributed by atoms with Gasteiger partial charge in [0.25, 0.3) is 0 Å². The smallest absolute Gasteiger partial charge is 0.323 e. The zero-order valence-electron chi connectivity index (χ0n) is 16.2. The number of nitro groups is 1. The summed E-state index contributed by atoms with van der Waals surface area (Å²) < 4.78 is 15.4. The van der Waals surface area contributed by atoms with E-state index in [9.17, 15) is 14.9 Å². The highest BCUT2D eigenvalue weighted by Crippen LogP contribution is 2.41. The SMILES string of the molecule is CCOC(=O)C1CCN(c2cc(N3CCOCC3)c([N+](=O)[O-])c3nonc23)CC1. The lowest BCUT2D eigenvalue weighted by Gasteiger charge is -2.34. The molecule has 156 valence electrons. The predicted molar refractivity (Wildman–Crippen MR) is 103 cm³/mol. The highest BCUT2D eigenvalue weighted by atomic mass is 16.6. The number of hydrogen-bond donors (Lipinski definition) is 0. The molecule has 0 spiro atoms. The number of piperidine rings is 1. The van der Waals surface area contributed by atoms with Gasteiger partial charge < -0.3 is 19.3 Å². The van der Waals surface area contributed by atoms with E-state index in [0.29, 0.717) is 70.0 Å². The summed E-state index contributed by atoms with van der Waals surface area (Å²) in [5, 5.41) is 19.6. The number of anilines is 2. The highest BCUT2D eigenvalue weighted by Gasteiger charge is 2.33. The van der Waals surface area contributed by atoms with Crippen LogP contribution in [0.3, 0.4) is 0 Å². The molecule has 2 saturated heterocycles. The van der Waals surface area contributed by atoms with Crippen LogP contribution in [0.1, 0.15) is 19.8 Å². The van der Waals surface area contributed by atoms with Gasteiger partial charge in [-0.2, -0.15) is 0 Å². The molecular weight excluding hydrogens is 382 g/mol. The van der Waals surface area contributed by atoms with Crippen LogP contribution in [0.15, 0.2) is 10.7 Å². The fraction of sp³-hybridized carbons (Fsp3) is 0.611. The van der Waals surface area contributed by atoms with Gasteiger partial charge in [-0.1, -0.05) is 0 Å². The summed E-state index contributed by atoms with van der Waals surface area (Å²) in [6, 6.07) is 1.79. The third-order valence-corrected chi connectivity index (χ3v) is 5.46. The number of carbonyl (C=O) groups is 1. The van der Waals surface area contributed by atoms with Crippen LogP contribution in [-0.4, -0.2) is 67.2 Å². The number of benzene rings is 1. The normalized spacial score (nSPS) is 18.2. The first-order valence-corrected chi connectivity index (χ1v) is 9.78. The number of ether oxygens (including phenoxy) is 2. The van der Waals surface area contributed by atoms with E-state index < -0.39 is 4.92 Å². The van der Waals surface area contributed by atoms with Gasteiger partial charge in [-0.3, -0.25) is 14.9 Å². The number of hydrogen-bond acceptors (Lipinski definition) is 10. The van der Waals surface area contributed by atoms with Crippen molar-refractivity contribution in [1.82, 2.24) is 10.3 Å². The molecule has 1 aromatic carbocycles. The number of nitro benzene ring substituents is 1. The minimum absolute atomic E-state index is 0.103. The zero-order valence-corrected chi connectivity index (χ0v) is 16.2. The van der Waals surface area contributed by atoms with Crippen molar-refractivity contribution in [2.45, 2.75) is 19.8 Å². The van der Waals surface area contributed by atoms with Gasteiger partial charge in [-0.25, -0.2) is 4.63 Å². The maximum Gasteiger partial charge on any atom is 0.323 e. The van der Waals surface area contributed by atoms with Gasteiger partial charge in [-0.05, 0) is 36.1 Å². The topological polar surface area (TPSA) is 124 Å². The largest absolute Gasteiger partial charge is 0.466 e. The van der Waals surface area contributed by atoms with Gasteiger partial charge in [0.2, 0.25) is 5.52 Å². The van der Waals surface area contributed by atoms with Crippen LogP contribution in [0, 0.1) is 16.0 Å². The second-order valence-electron chi connectivity index (χ2n) is 7.09. The van der Waals surface area contributed by atoms with Crippen LogP contribution in [0.5, 0.6) is 0 Å². The standard InChI is InChI=1S/C18H23N5O6/c1-2-28-18(24)12-3-5-21(6-4-12)13-11-14(22-7-9-27-10-8-22)17(23(25)26)16-15(13)19-29-20-16/h11-12H,2-10H2,1H3. The average Bonchev–Trinajstić information content (AvgIpc) is 3.23. The van der Waals surface area contributed by atoms with E-state index in [2.05, 4.69) is 15.2 Å². The maximum atomic E-state index is 12.0. The molecule has 0 amide bonds. The molecular formula is C18H23N5O6. The Morgan fingerprint density at radius 2 is 1.83 bits per heavy atom. The predicted octanol–water partition coefficient (Wildman–Crippen LogP) is 1.75. The summed E-state index contributed by atoms with van der Waals surface area (Å²) in [5.41, 5.74) is 1.62. The van der Waals surface area contributed by atoms with Crippen molar-refractivity contribution in [3.8, 4) is 0 Å². The molecule has 0 atom stereocenters. The first kappa shape index (κ1) is 19.4. The number of rotatable bonds is 5. The van der Waals surface area contributed by atoms with E-state index in [-0.39, 0.29) is 23.1 Å². The quantitative estimate of drug-likeness (QED) is 0.413. The molecule has 0 N–H and O–H groups in total. The van der Waals surface area contributed by atoms with E-state index in [1.54, 1.807) is 13.0 Å². The fourth-order valence-electron chi connectivity index (χ4n) is 3.98. The Balaban J connectivity index is 1.68. The van der Waals surface area contributed by atoms with E-state index in [0.717, 1.165) is 5.69 Å². The summed E-state index contributed by atoms with van der Waals surface area (Å²) in [5.74, 6) is -0.299. The van der Waals surface area contributed by atoms with Crippen LogP contribution < -0.4 is 9.80 Å². The lowest BCUT2D eigenvalue weighted by Crippen LogP contribution is -2.38. The van der Waals surface area contributed by atoms with Crippen LogP contribution in [0.4, 0.5) is 17.1 Å². The Bertz CT molecular complexity index is 902. The summed E-state index contributed by atoms with van der Waals surface area (Å²) in [4.78, 5) is 27.4. The molecule has 11 heteroatoms. The molecule has 3 heterocycles. The van der Waals surface area contributed by atoms with Crippen molar-refractivity contribution >= 4 is 34.1 Å². The molecule has 29 heavy (non-hydrogen) atoms. The number of esters is 1. The molecule has 1 aromatic heterocycles. The fourth-order valence-corrected chi connectivity index (χ4v) is 3.98. The Labute approximate surface area is 166 Å². The van der Waals surface area contributed by atoms with E-state index >= 15 is 0 Å². The molecule has 2 fully saturated rings. The van der Waals surface area contributed by atoms with Gasteiger partial charge in [0, 0.05) is 26.2 Å². The monoisotopic (exact) mass is 405 g/mol. The van der Waals surface area contributed by atoms with E-state index in [4.69, 9.17) is 14.1 Å². The Kier molecular flexibility index (Phi) is 5.47. The second kappa shape index (κ2) is 8.19. The zero-order chi connectivity index (χ0) is 20.4. The van der Waals surface area contributed by atoms with Crippen LogP contribution in [0.25, 0.3) is 11.0 Å². The van der Waals surface area contributed by atoms with Crippen molar-refractivity contribution in [3.63, 3.8) is 0 Å². The molecule has 0 radical (unpaired) electrons. The molecule has 2 aliphatic heterocycles. The number of carbonyl (C=O) groups excluding carboxylic acids is 1. The van der Waals surface area contributed by atoms with Crippen molar-refractivity contribution in [3.05, 3.63) is 16.2 Å². The van der Waals surface area contributed by atoms with Crippen molar-refractivity contribution in [2.24, 2.45) is 5.92 Å². The number of aromatic nitrogens is 2. The lowest BCUT2D eigenvalue weighted by molar-refractivity contribution is -0.382. The van der Waals surface area contributed by atoms with Gasteiger partial charge in [-0.15, -0.1) is 0 Å². The first-order chi connectivity index (χ1) is 14.1. The van der Waals surface area contributed by atoms with Gasteiger partial charge >= 0.3 is 11.7 Å². The average molecular weight is 405 g/mol. The number of nitrogens with zero attached hydrogens (tertiary/aromatic N) is 5. The molecule has 2 aromatic rings. The summed E-state index contributed by atoms with van der Waals surface area (Å²) in [7, 11) is 0. The molecule has 0 saturated carbocycles.